The van der Waals surface area contributed by atoms with E-state index in [0.717, 1.165) is 11.1 Å². The number of rotatable bonds is 7. The zero-order valence-corrected chi connectivity index (χ0v) is 16.2. The maximum absolute atomic E-state index is 13.0. The molecule has 0 heterocycles. The number of nitrogens with one attached hydrogen (secondary N) is 2. The molecule has 0 spiro atoms. The Kier molecular flexibility index (Phi) is 6.74. The van der Waals surface area contributed by atoms with Crippen molar-refractivity contribution in [3.63, 3.8) is 0 Å². The van der Waals surface area contributed by atoms with Crippen molar-refractivity contribution in [2.24, 2.45) is 0 Å². The summed E-state index contributed by atoms with van der Waals surface area (Å²) < 4.78 is 13.0. The van der Waals surface area contributed by atoms with Gasteiger partial charge in [-0.25, -0.2) is 4.39 Å². The number of aryl methyl sites for hydroxylation is 1. The van der Waals surface area contributed by atoms with Gasteiger partial charge in [-0.1, -0.05) is 54.6 Å². The van der Waals surface area contributed by atoms with Crippen molar-refractivity contribution < 1.29 is 14.0 Å². The first-order valence-electron chi connectivity index (χ1n) is 9.52. The highest BCUT2D eigenvalue weighted by molar-refractivity contribution is 6.03. The fourth-order valence-corrected chi connectivity index (χ4v) is 3.01. The Bertz CT molecular complexity index is 972. The monoisotopic (exact) mass is 390 g/mol. The minimum Gasteiger partial charge on any atom is -0.345 e. The summed E-state index contributed by atoms with van der Waals surface area (Å²) in [6.45, 7) is 1.91. The van der Waals surface area contributed by atoms with Gasteiger partial charge in [0.15, 0.2) is 0 Å². The van der Waals surface area contributed by atoms with Crippen LogP contribution in [0.4, 0.5) is 10.1 Å². The molecule has 4 nitrogen and oxygen atoms in total. The predicted octanol–water partition coefficient (Wildman–Crippen LogP) is 4.89. The number of benzene rings is 3. The third-order valence-corrected chi connectivity index (χ3v) is 4.65. The van der Waals surface area contributed by atoms with Crippen molar-refractivity contribution in [3.05, 3.63) is 101 Å². The van der Waals surface area contributed by atoms with E-state index in [4.69, 9.17) is 0 Å². The summed E-state index contributed by atoms with van der Waals surface area (Å²) in [5.41, 5.74) is 2.76. The Labute approximate surface area is 169 Å². The van der Waals surface area contributed by atoms with Gasteiger partial charge in [0.2, 0.25) is 5.91 Å². The molecule has 2 amide bonds. The zero-order chi connectivity index (χ0) is 20.6. The molecule has 3 rings (SSSR count). The predicted molar refractivity (Wildman–Crippen MR) is 112 cm³/mol. The highest BCUT2D eigenvalue weighted by atomic mass is 19.1. The molecule has 29 heavy (non-hydrogen) atoms. The number of halogens is 1. The zero-order valence-electron chi connectivity index (χ0n) is 16.2. The number of carbonyl (C=O) groups excluding carboxylic acids is 2. The summed E-state index contributed by atoms with van der Waals surface area (Å²) in [5, 5.41) is 5.78. The van der Waals surface area contributed by atoms with Crippen molar-refractivity contribution in [1.82, 2.24) is 5.32 Å². The topological polar surface area (TPSA) is 58.2 Å². The molecule has 1 atom stereocenters. The van der Waals surface area contributed by atoms with Gasteiger partial charge in [-0.05, 0) is 48.7 Å². The first kappa shape index (κ1) is 20.3. The normalized spacial score (nSPS) is 11.5. The SMILES string of the molecule is C[C@H](NC(=O)c1ccccc1NC(=O)CCc1ccc(F)cc1)c1ccccc1. The second-order valence-corrected chi connectivity index (χ2v) is 6.83. The molecule has 2 N–H and O–H groups in total. The van der Waals surface area contributed by atoms with E-state index in [1.807, 2.05) is 37.3 Å². The van der Waals surface area contributed by atoms with E-state index < -0.39 is 0 Å². The maximum Gasteiger partial charge on any atom is 0.253 e. The van der Waals surface area contributed by atoms with Crippen LogP contribution < -0.4 is 10.6 Å². The van der Waals surface area contributed by atoms with Gasteiger partial charge in [-0.3, -0.25) is 9.59 Å². The molecule has 0 aromatic heterocycles. The minimum absolute atomic E-state index is 0.161. The van der Waals surface area contributed by atoms with Crippen LogP contribution in [-0.4, -0.2) is 11.8 Å². The van der Waals surface area contributed by atoms with Gasteiger partial charge in [0, 0.05) is 6.42 Å². The summed E-state index contributed by atoms with van der Waals surface area (Å²) in [4.78, 5) is 25.1. The van der Waals surface area contributed by atoms with Crippen LogP contribution in [0.2, 0.25) is 0 Å². The summed E-state index contributed by atoms with van der Waals surface area (Å²) in [6, 6.07) is 22.5. The third-order valence-electron chi connectivity index (χ3n) is 4.65. The number of hydrogen-bond acceptors (Lipinski definition) is 2. The fourth-order valence-electron chi connectivity index (χ4n) is 3.01. The molecule has 0 saturated carbocycles. The van der Waals surface area contributed by atoms with Gasteiger partial charge in [0.25, 0.3) is 5.91 Å². The molecule has 148 valence electrons. The van der Waals surface area contributed by atoms with Gasteiger partial charge in [-0.2, -0.15) is 0 Å². The number of anilines is 1. The Morgan fingerprint density at radius 1 is 0.897 bits per heavy atom. The van der Waals surface area contributed by atoms with E-state index in [9.17, 15) is 14.0 Å². The number of para-hydroxylation sites is 1. The number of hydrogen-bond donors (Lipinski definition) is 2. The Morgan fingerprint density at radius 2 is 1.55 bits per heavy atom. The molecule has 0 radical (unpaired) electrons. The second-order valence-electron chi connectivity index (χ2n) is 6.83. The molecule has 0 aliphatic heterocycles. The summed E-state index contributed by atoms with van der Waals surface area (Å²) >= 11 is 0. The highest BCUT2D eigenvalue weighted by Crippen LogP contribution is 2.18. The number of amides is 2. The molecule has 0 saturated heterocycles. The molecule has 0 unspecified atom stereocenters. The van der Waals surface area contributed by atoms with Crippen LogP contribution in [0.5, 0.6) is 0 Å². The van der Waals surface area contributed by atoms with E-state index in [0.29, 0.717) is 17.7 Å². The molecule has 5 heteroatoms. The van der Waals surface area contributed by atoms with Crippen LogP contribution in [0.15, 0.2) is 78.9 Å². The molecule has 0 aliphatic carbocycles. The fraction of sp³-hybridized carbons (Fsp3) is 0.167. The van der Waals surface area contributed by atoms with E-state index in [-0.39, 0.29) is 30.1 Å². The lowest BCUT2D eigenvalue weighted by molar-refractivity contribution is -0.116. The van der Waals surface area contributed by atoms with Crippen molar-refractivity contribution >= 4 is 17.5 Å². The first-order valence-corrected chi connectivity index (χ1v) is 9.52. The first-order chi connectivity index (χ1) is 14.0. The van der Waals surface area contributed by atoms with Crippen molar-refractivity contribution in [1.29, 1.82) is 0 Å². The maximum atomic E-state index is 13.0. The Morgan fingerprint density at radius 3 is 2.28 bits per heavy atom. The van der Waals surface area contributed by atoms with Crippen molar-refractivity contribution in [2.75, 3.05) is 5.32 Å². The molecule has 0 bridgehead atoms. The van der Waals surface area contributed by atoms with Gasteiger partial charge in [0.1, 0.15) is 5.82 Å². The average Bonchev–Trinajstić information content (AvgIpc) is 2.74. The molecule has 3 aromatic rings. The summed E-state index contributed by atoms with van der Waals surface area (Å²) in [5.74, 6) is -0.760. The van der Waals surface area contributed by atoms with Crippen molar-refractivity contribution in [2.45, 2.75) is 25.8 Å². The highest BCUT2D eigenvalue weighted by Gasteiger charge is 2.16. The van der Waals surface area contributed by atoms with Crippen molar-refractivity contribution in [3.8, 4) is 0 Å². The van der Waals surface area contributed by atoms with Crippen LogP contribution in [0.25, 0.3) is 0 Å². The quantitative estimate of drug-likeness (QED) is 0.604. The van der Waals surface area contributed by atoms with Crippen LogP contribution in [0.3, 0.4) is 0 Å². The third kappa shape index (κ3) is 5.75. The lowest BCUT2D eigenvalue weighted by Crippen LogP contribution is -2.28. The van der Waals surface area contributed by atoms with E-state index >= 15 is 0 Å². The molecular weight excluding hydrogens is 367 g/mol. The van der Waals surface area contributed by atoms with Crippen LogP contribution >= 0.6 is 0 Å². The summed E-state index contributed by atoms with van der Waals surface area (Å²) in [6.07, 6.45) is 0.730. The van der Waals surface area contributed by atoms with Gasteiger partial charge < -0.3 is 10.6 Å². The Balaban J connectivity index is 1.62. The molecule has 0 aliphatic rings. The van der Waals surface area contributed by atoms with Gasteiger partial charge in [-0.15, -0.1) is 0 Å². The largest absolute Gasteiger partial charge is 0.345 e. The molecular formula is C24H23FN2O2. The lowest BCUT2D eigenvalue weighted by atomic mass is 10.1. The minimum atomic E-state index is -0.303. The number of carbonyl (C=O) groups is 2. The average molecular weight is 390 g/mol. The van der Waals surface area contributed by atoms with Crippen LogP contribution in [0, 0.1) is 5.82 Å². The second kappa shape index (κ2) is 9.64. The standard InChI is InChI=1S/C24H23FN2O2/c1-17(19-7-3-2-4-8-19)26-24(29)21-9-5-6-10-22(21)27-23(28)16-13-18-11-14-20(25)15-12-18/h2-12,14-15,17H,13,16H2,1H3,(H,26,29)(H,27,28)/t17-/m0/s1. The Hall–Kier alpha value is -3.47. The smallest absolute Gasteiger partial charge is 0.253 e. The van der Waals surface area contributed by atoms with Gasteiger partial charge in [0.05, 0.1) is 17.3 Å². The van der Waals surface area contributed by atoms with Crippen LogP contribution in [0.1, 0.15) is 40.9 Å². The van der Waals surface area contributed by atoms with Crippen LogP contribution in [-0.2, 0) is 11.2 Å². The van der Waals surface area contributed by atoms with E-state index in [1.165, 1.54) is 12.1 Å². The van der Waals surface area contributed by atoms with E-state index in [1.54, 1.807) is 36.4 Å². The lowest BCUT2D eigenvalue weighted by Gasteiger charge is -2.16. The van der Waals surface area contributed by atoms with E-state index in [2.05, 4.69) is 10.6 Å². The molecule has 3 aromatic carbocycles. The van der Waals surface area contributed by atoms with Gasteiger partial charge >= 0.3 is 0 Å². The molecule has 0 fully saturated rings. The summed E-state index contributed by atoms with van der Waals surface area (Å²) in [7, 11) is 0.